The number of anilines is 3. The highest BCUT2D eigenvalue weighted by Crippen LogP contribution is 2.35. The third-order valence-corrected chi connectivity index (χ3v) is 4.95. The van der Waals surface area contributed by atoms with Crippen molar-refractivity contribution >= 4 is 23.0 Å². The van der Waals surface area contributed by atoms with Crippen LogP contribution in [0.2, 0.25) is 0 Å². The highest BCUT2D eigenvalue weighted by molar-refractivity contribution is 5.71. The van der Waals surface area contributed by atoms with Gasteiger partial charge in [0.05, 0.1) is 29.9 Å². The number of piperazine rings is 1. The highest BCUT2D eigenvalue weighted by Gasteiger charge is 2.31. The summed E-state index contributed by atoms with van der Waals surface area (Å²) in [5.41, 5.74) is 0.941. The minimum Gasteiger partial charge on any atom is -0.368 e. The molecule has 1 fully saturated rings. The van der Waals surface area contributed by atoms with Crippen LogP contribution in [-0.2, 0) is 0 Å². The summed E-state index contributed by atoms with van der Waals surface area (Å²) in [6.07, 6.45) is 1.67. The van der Waals surface area contributed by atoms with Gasteiger partial charge in [-0.2, -0.15) is 10.5 Å². The summed E-state index contributed by atoms with van der Waals surface area (Å²) in [5, 5.41) is 29.8. The van der Waals surface area contributed by atoms with Gasteiger partial charge < -0.3 is 14.7 Å². The maximum Gasteiger partial charge on any atom is 0.353 e. The lowest BCUT2D eigenvalue weighted by atomic mass is 10.2. The maximum atomic E-state index is 12.0. The summed E-state index contributed by atoms with van der Waals surface area (Å²) < 4.78 is 0. The van der Waals surface area contributed by atoms with Crippen molar-refractivity contribution in [2.45, 2.75) is 12.8 Å². The Morgan fingerprint density at radius 1 is 1.00 bits per heavy atom. The van der Waals surface area contributed by atoms with Crippen LogP contribution in [0.25, 0.3) is 0 Å². The zero-order valence-corrected chi connectivity index (χ0v) is 16.5. The molecule has 2 heterocycles. The van der Waals surface area contributed by atoms with Crippen LogP contribution in [0, 0.1) is 32.8 Å². The second kappa shape index (κ2) is 10.0. The smallest absolute Gasteiger partial charge is 0.353 e. The fraction of sp³-hybridized carbons (Fsp3) is 0.400. The van der Waals surface area contributed by atoms with Crippen LogP contribution in [0.4, 0.5) is 23.0 Å². The summed E-state index contributed by atoms with van der Waals surface area (Å²) >= 11 is 0. The minimum absolute atomic E-state index is 0.154. The van der Waals surface area contributed by atoms with E-state index >= 15 is 0 Å². The van der Waals surface area contributed by atoms with Crippen molar-refractivity contribution in [3.05, 3.63) is 46.8 Å². The fourth-order valence-corrected chi connectivity index (χ4v) is 3.50. The summed E-state index contributed by atoms with van der Waals surface area (Å²) in [7, 11) is 0. The fourth-order valence-electron chi connectivity index (χ4n) is 3.50. The Hall–Kier alpha value is -3.92. The van der Waals surface area contributed by atoms with Crippen molar-refractivity contribution in [2.24, 2.45) is 0 Å². The van der Waals surface area contributed by atoms with Gasteiger partial charge in [0.1, 0.15) is 6.33 Å². The van der Waals surface area contributed by atoms with E-state index in [1.807, 2.05) is 47.4 Å². The molecule has 3 rings (SSSR count). The molecule has 0 N–H and O–H groups in total. The molecule has 1 aromatic heterocycles. The Morgan fingerprint density at radius 2 is 1.60 bits per heavy atom. The number of benzene rings is 1. The number of nitrogens with zero attached hydrogens (tertiary/aromatic N) is 8. The van der Waals surface area contributed by atoms with Crippen molar-refractivity contribution in [3.8, 4) is 12.1 Å². The van der Waals surface area contributed by atoms with Gasteiger partial charge in [0, 0.05) is 45.0 Å². The lowest BCUT2D eigenvalue weighted by Gasteiger charge is -2.36. The van der Waals surface area contributed by atoms with E-state index in [4.69, 9.17) is 10.5 Å². The zero-order valence-electron chi connectivity index (χ0n) is 16.5. The first-order valence-corrected chi connectivity index (χ1v) is 9.69. The lowest BCUT2D eigenvalue weighted by Crippen LogP contribution is -2.47. The summed E-state index contributed by atoms with van der Waals surface area (Å²) in [6.45, 7) is 3.12. The van der Waals surface area contributed by atoms with E-state index in [-0.39, 0.29) is 43.3 Å². The van der Waals surface area contributed by atoms with Crippen molar-refractivity contribution in [2.75, 3.05) is 54.0 Å². The molecule has 1 aromatic carbocycles. The largest absolute Gasteiger partial charge is 0.368 e. The first kappa shape index (κ1) is 20.8. The van der Waals surface area contributed by atoms with Crippen molar-refractivity contribution < 1.29 is 4.92 Å². The second-order valence-corrected chi connectivity index (χ2v) is 6.74. The highest BCUT2D eigenvalue weighted by atomic mass is 16.6. The third kappa shape index (κ3) is 4.73. The monoisotopic (exact) mass is 406 g/mol. The van der Waals surface area contributed by atoms with Crippen LogP contribution in [0.1, 0.15) is 12.8 Å². The maximum absolute atomic E-state index is 12.0. The van der Waals surface area contributed by atoms with Crippen LogP contribution in [0.15, 0.2) is 36.7 Å². The van der Waals surface area contributed by atoms with E-state index in [9.17, 15) is 10.1 Å². The van der Waals surface area contributed by atoms with Crippen LogP contribution in [0.3, 0.4) is 0 Å². The zero-order chi connectivity index (χ0) is 21.3. The van der Waals surface area contributed by atoms with E-state index in [1.54, 1.807) is 4.90 Å². The van der Waals surface area contributed by atoms with Gasteiger partial charge in [-0.05, 0) is 12.1 Å². The SMILES string of the molecule is N#CCCN(CCC#N)c1ncnc(N2CCN(c3ccccc3)CC2)c1[N+](=O)[O-]. The molecule has 30 heavy (non-hydrogen) atoms. The average Bonchev–Trinajstić information content (AvgIpc) is 2.79. The Balaban J connectivity index is 1.85. The van der Waals surface area contributed by atoms with E-state index in [0.29, 0.717) is 26.2 Å². The molecule has 1 aliphatic rings. The predicted octanol–water partition coefficient (Wildman–Crippen LogP) is 2.35. The van der Waals surface area contributed by atoms with Crippen molar-refractivity contribution in [3.63, 3.8) is 0 Å². The van der Waals surface area contributed by atoms with Crippen LogP contribution in [0.5, 0.6) is 0 Å². The van der Waals surface area contributed by atoms with E-state index in [0.717, 1.165) is 5.69 Å². The Labute approximate surface area is 174 Å². The number of aromatic nitrogens is 2. The van der Waals surface area contributed by atoms with Crippen molar-refractivity contribution in [1.82, 2.24) is 9.97 Å². The number of rotatable bonds is 8. The predicted molar refractivity (Wildman–Crippen MR) is 112 cm³/mol. The molecular weight excluding hydrogens is 384 g/mol. The van der Waals surface area contributed by atoms with Crippen molar-refractivity contribution in [1.29, 1.82) is 10.5 Å². The van der Waals surface area contributed by atoms with Gasteiger partial charge in [-0.25, -0.2) is 9.97 Å². The third-order valence-electron chi connectivity index (χ3n) is 4.95. The van der Waals surface area contributed by atoms with Crippen LogP contribution < -0.4 is 14.7 Å². The molecular formula is C20H22N8O2. The van der Waals surface area contributed by atoms with Gasteiger partial charge in [-0.15, -0.1) is 0 Å². The van der Waals surface area contributed by atoms with E-state index < -0.39 is 4.92 Å². The number of para-hydroxylation sites is 1. The van der Waals surface area contributed by atoms with Gasteiger partial charge in [0.25, 0.3) is 0 Å². The molecule has 0 spiro atoms. The molecule has 0 bridgehead atoms. The molecule has 0 aliphatic carbocycles. The summed E-state index contributed by atoms with van der Waals surface area (Å²) in [4.78, 5) is 25.6. The first-order valence-electron chi connectivity index (χ1n) is 9.69. The standard InChI is InChI=1S/C20H22N8O2/c21-8-4-10-26(11-5-9-22)19-18(28(29)30)20(24-16-23-19)27-14-12-25(13-15-27)17-6-2-1-3-7-17/h1-3,6-7,16H,4-5,10-15H2. The van der Waals surface area contributed by atoms with Crippen LogP contribution in [-0.4, -0.2) is 54.2 Å². The molecule has 10 heteroatoms. The van der Waals surface area contributed by atoms with Gasteiger partial charge in [0.15, 0.2) is 0 Å². The van der Waals surface area contributed by atoms with Gasteiger partial charge in [-0.3, -0.25) is 10.1 Å². The van der Waals surface area contributed by atoms with Gasteiger partial charge in [0.2, 0.25) is 11.6 Å². The molecule has 0 unspecified atom stereocenters. The Bertz CT molecular complexity index is 928. The molecule has 1 aliphatic heterocycles. The summed E-state index contributed by atoms with van der Waals surface area (Å²) in [6, 6.07) is 14.1. The quantitative estimate of drug-likeness (QED) is 0.479. The normalized spacial score (nSPS) is 13.4. The van der Waals surface area contributed by atoms with Gasteiger partial charge >= 0.3 is 5.69 Å². The molecule has 0 saturated carbocycles. The molecule has 154 valence electrons. The van der Waals surface area contributed by atoms with E-state index in [1.165, 1.54) is 6.33 Å². The topological polar surface area (TPSA) is 126 Å². The molecule has 0 radical (unpaired) electrons. The Kier molecular flexibility index (Phi) is 6.95. The number of nitro groups is 1. The molecule has 1 saturated heterocycles. The number of hydrogen-bond acceptors (Lipinski definition) is 9. The minimum atomic E-state index is -0.472. The number of hydrogen-bond donors (Lipinski definition) is 0. The Morgan fingerprint density at radius 3 is 2.17 bits per heavy atom. The van der Waals surface area contributed by atoms with Gasteiger partial charge in [-0.1, -0.05) is 18.2 Å². The molecule has 0 amide bonds. The first-order chi connectivity index (χ1) is 14.7. The molecule has 2 aromatic rings. The summed E-state index contributed by atoms with van der Waals surface area (Å²) in [5.74, 6) is 0.428. The second-order valence-electron chi connectivity index (χ2n) is 6.74. The van der Waals surface area contributed by atoms with E-state index in [2.05, 4.69) is 14.9 Å². The molecule has 10 nitrogen and oxygen atoms in total. The van der Waals surface area contributed by atoms with Crippen LogP contribution >= 0.6 is 0 Å². The number of nitriles is 2. The lowest BCUT2D eigenvalue weighted by molar-refractivity contribution is -0.383. The average molecular weight is 406 g/mol. The molecule has 0 atom stereocenters.